The Balaban J connectivity index is 3.06. The van der Waals surface area contributed by atoms with E-state index in [1.165, 1.54) is 26.1 Å². The van der Waals surface area contributed by atoms with Gasteiger partial charge in [-0.05, 0) is 31.5 Å². The van der Waals surface area contributed by atoms with Crippen LogP contribution in [0.4, 0.5) is 8.78 Å². The lowest BCUT2D eigenvalue weighted by molar-refractivity contribution is 0.220. The normalized spacial score (nSPS) is 11.6. The van der Waals surface area contributed by atoms with E-state index in [1.807, 2.05) is 0 Å². The van der Waals surface area contributed by atoms with Crippen molar-refractivity contribution in [1.82, 2.24) is 4.98 Å². The second-order valence-electron chi connectivity index (χ2n) is 2.84. The SMILES string of the molecule is CC(C)(F)c1ccnc(F)c1. The molecule has 0 fully saturated rings. The highest BCUT2D eigenvalue weighted by Gasteiger charge is 2.18. The molecule has 3 heteroatoms. The molecule has 0 aliphatic heterocycles. The topological polar surface area (TPSA) is 12.9 Å². The summed E-state index contributed by atoms with van der Waals surface area (Å²) >= 11 is 0. The third kappa shape index (κ3) is 1.97. The lowest BCUT2D eigenvalue weighted by Gasteiger charge is -2.13. The summed E-state index contributed by atoms with van der Waals surface area (Å²) in [6.45, 7) is 2.75. The van der Waals surface area contributed by atoms with Gasteiger partial charge in [-0.2, -0.15) is 4.39 Å². The van der Waals surface area contributed by atoms with Crippen molar-refractivity contribution in [3.8, 4) is 0 Å². The number of alkyl halides is 1. The second-order valence-corrected chi connectivity index (χ2v) is 2.84. The van der Waals surface area contributed by atoms with E-state index in [0.717, 1.165) is 6.07 Å². The zero-order valence-corrected chi connectivity index (χ0v) is 6.44. The van der Waals surface area contributed by atoms with Gasteiger partial charge in [0.15, 0.2) is 0 Å². The van der Waals surface area contributed by atoms with Gasteiger partial charge in [-0.15, -0.1) is 0 Å². The van der Waals surface area contributed by atoms with Crippen molar-refractivity contribution in [1.29, 1.82) is 0 Å². The van der Waals surface area contributed by atoms with Crippen LogP contribution in [-0.2, 0) is 5.67 Å². The molecular weight excluding hydrogens is 148 g/mol. The number of aromatic nitrogens is 1. The molecule has 0 amide bonds. The monoisotopic (exact) mass is 157 g/mol. The molecule has 0 saturated heterocycles. The van der Waals surface area contributed by atoms with Gasteiger partial charge in [0, 0.05) is 6.20 Å². The summed E-state index contributed by atoms with van der Waals surface area (Å²) in [6.07, 6.45) is 1.26. The van der Waals surface area contributed by atoms with Gasteiger partial charge in [0.1, 0.15) is 5.67 Å². The molecule has 0 aliphatic rings. The minimum atomic E-state index is -1.50. The lowest BCUT2D eigenvalue weighted by Crippen LogP contribution is -2.09. The van der Waals surface area contributed by atoms with Crippen molar-refractivity contribution in [2.75, 3.05) is 0 Å². The molecule has 0 radical (unpaired) electrons. The molecular formula is C8H9F2N. The molecule has 1 aromatic rings. The van der Waals surface area contributed by atoms with E-state index in [1.54, 1.807) is 0 Å². The molecule has 60 valence electrons. The molecule has 1 rings (SSSR count). The smallest absolute Gasteiger partial charge is 0.213 e. The fourth-order valence-corrected chi connectivity index (χ4v) is 0.772. The molecule has 0 aliphatic carbocycles. The second kappa shape index (κ2) is 2.57. The van der Waals surface area contributed by atoms with Gasteiger partial charge in [-0.3, -0.25) is 0 Å². The van der Waals surface area contributed by atoms with Gasteiger partial charge >= 0.3 is 0 Å². The molecule has 1 nitrogen and oxygen atoms in total. The fraction of sp³-hybridized carbons (Fsp3) is 0.375. The summed E-state index contributed by atoms with van der Waals surface area (Å²) in [7, 11) is 0. The standard InChI is InChI=1S/C8H9F2N/c1-8(2,10)6-3-4-11-7(9)5-6/h3-5H,1-2H3. The minimum Gasteiger partial charge on any atom is -0.239 e. The van der Waals surface area contributed by atoms with Crippen LogP contribution in [0.2, 0.25) is 0 Å². The number of hydrogen-bond donors (Lipinski definition) is 0. The predicted molar refractivity (Wildman–Crippen MR) is 38.3 cm³/mol. The molecule has 0 unspecified atom stereocenters. The Morgan fingerprint density at radius 2 is 2.09 bits per heavy atom. The van der Waals surface area contributed by atoms with E-state index < -0.39 is 11.6 Å². The Bertz CT molecular complexity index is 253. The van der Waals surface area contributed by atoms with Gasteiger partial charge < -0.3 is 0 Å². The van der Waals surface area contributed by atoms with Gasteiger partial charge in [0.05, 0.1) is 0 Å². The number of rotatable bonds is 1. The number of halogens is 2. The first-order valence-corrected chi connectivity index (χ1v) is 3.31. The summed E-state index contributed by atoms with van der Waals surface area (Å²) in [4.78, 5) is 3.32. The highest BCUT2D eigenvalue weighted by atomic mass is 19.1. The van der Waals surface area contributed by atoms with E-state index in [-0.39, 0.29) is 0 Å². The van der Waals surface area contributed by atoms with Crippen LogP contribution in [0.3, 0.4) is 0 Å². The maximum absolute atomic E-state index is 13.1. The Labute approximate surface area is 64.1 Å². The average molecular weight is 157 g/mol. The highest BCUT2D eigenvalue weighted by molar-refractivity contribution is 5.17. The molecule has 11 heavy (non-hydrogen) atoms. The number of hydrogen-bond acceptors (Lipinski definition) is 1. The summed E-state index contributed by atoms with van der Waals surface area (Å²) in [5, 5.41) is 0. The lowest BCUT2D eigenvalue weighted by atomic mass is 10.0. The van der Waals surface area contributed by atoms with Crippen LogP contribution < -0.4 is 0 Å². The molecule has 0 bridgehead atoms. The predicted octanol–water partition coefficient (Wildman–Crippen LogP) is 2.43. The van der Waals surface area contributed by atoms with Crippen LogP contribution in [-0.4, -0.2) is 4.98 Å². The van der Waals surface area contributed by atoms with E-state index >= 15 is 0 Å². The molecule has 1 aromatic heterocycles. The average Bonchev–Trinajstić information content (AvgIpc) is 1.86. The maximum atomic E-state index is 13.1. The first kappa shape index (κ1) is 8.11. The summed E-state index contributed by atoms with van der Waals surface area (Å²) in [5.41, 5.74) is -1.19. The van der Waals surface area contributed by atoms with E-state index in [9.17, 15) is 8.78 Å². The quantitative estimate of drug-likeness (QED) is 0.570. The van der Waals surface area contributed by atoms with Crippen LogP contribution in [0, 0.1) is 5.95 Å². The third-order valence-electron chi connectivity index (χ3n) is 1.41. The summed E-state index contributed by atoms with van der Waals surface area (Å²) < 4.78 is 25.5. The van der Waals surface area contributed by atoms with E-state index in [2.05, 4.69) is 4.98 Å². The Morgan fingerprint density at radius 1 is 1.45 bits per heavy atom. The van der Waals surface area contributed by atoms with Crippen LogP contribution >= 0.6 is 0 Å². The summed E-state index contributed by atoms with van der Waals surface area (Å²) in [5.74, 6) is -0.645. The Hall–Kier alpha value is -0.990. The number of pyridine rings is 1. The molecule has 0 aromatic carbocycles. The highest BCUT2D eigenvalue weighted by Crippen LogP contribution is 2.23. The van der Waals surface area contributed by atoms with Crippen molar-refractivity contribution in [2.45, 2.75) is 19.5 Å². The first-order valence-electron chi connectivity index (χ1n) is 3.31. The molecule has 0 N–H and O–H groups in total. The minimum absolute atomic E-state index is 0.310. The van der Waals surface area contributed by atoms with Crippen molar-refractivity contribution in [2.24, 2.45) is 0 Å². The van der Waals surface area contributed by atoms with Crippen molar-refractivity contribution >= 4 is 0 Å². The van der Waals surface area contributed by atoms with Crippen LogP contribution in [0.25, 0.3) is 0 Å². The molecule has 0 saturated carbocycles. The van der Waals surface area contributed by atoms with Crippen LogP contribution in [0.5, 0.6) is 0 Å². The molecule has 0 atom stereocenters. The van der Waals surface area contributed by atoms with Crippen molar-refractivity contribution < 1.29 is 8.78 Å². The Morgan fingerprint density at radius 3 is 2.45 bits per heavy atom. The fourth-order valence-electron chi connectivity index (χ4n) is 0.772. The van der Waals surface area contributed by atoms with E-state index in [0.29, 0.717) is 5.56 Å². The third-order valence-corrected chi connectivity index (χ3v) is 1.41. The summed E-state index contributed by atoms with van der Waals surface area (Å²) in [6, 6.07) is 2.56. The van der Waals surface area contributed by atoms with Gasteiger partial charge in [-0.1, -0.05) is 0 Å². The van der Waals surface area contributed by atoms with Gasteiger partial charge in [-0.25, -0.2) is 9.37 Å². The number of nitrogens with zero attached hydrogens (tertiary/aromatic N) is 1. The molecule has 0 spiro atoms. The van der Waals surface area contributed by atoms with Crippen molar-refractivity contribution in [3.05, 3.63) is 29.8 Å². The van der Waals surface area contributed by atoms with E-state index in [4.69, 9.17) is 0 Å². The first-order chi connectivity index (χ1) is 5.00. The maximum Gasteiger partial charge on any atom is 0.213 e. The van der Waals surface area contributed by atoms with Crippen LogP contribution in [0.1, 0.15) is 19.4 Å². The van der Waals surface area contributed by atoms with Gasteiger partial charge in [0.2, 0.25) is 5.95 Å². The van der Waals surface area contributed by atoms with Crippen LogP contribution in [0.15, 0.2) is 18.3 Å². The Kier molecular flexibility index (Phi) is 1.89. The zero-order chi connectivity index (χ0) is 8.48. The van der Waals surface area contributed by atoms with Gasteiger partial charge in [0.25, 0.3) is 0 Å². The zero-order valence-electron chi connectivity index (χ0n) is 6.44. The molecule has 1 heterocycles. The van der Waals surface area contributed by atoms with Crippen molar-refractivity contribution in [3.63, 3.8) is 0 Å². The largest absolute Gasteiger partial charge is 0.239 e.